The molecule has 1 atom stereocenters. The average Bonchev–Trinajstić information content (AvgIpc) is 2.58. The molecule has 90 valence electrons. The van der Waals surface area contributed by atoms with Crippen LogP contribution < -0.4 is 0 Å². The Bertz CT molecular complexity index is 397. The van der Waals surface area contributed by atoms with Crippen LogP contribution in [0.3, 0.4) is 0 Å². The molecule has 3 heteroatoms. The van der Waals surface area contributed by atoms with Crippen molar-refractivity contribution in [2.45, 2.75) is 45.1 Å². The Morgan fingerprint density at radius 1 is 1.19 bits per heavy atom. The van der Waals surface area contributed by atoms with Crippen LogP contribution in [0.15, 0.2) is 12.1 Å². The quantitative estimate of drug-likeness (QED) is 0.732. The van der Waals surface area contributed by atoms with Crippen LogP contribution >= 0.6 is 0 Å². The zero-order valence-corrected chi connectivity index (χ0v) is 12.0. The Morgan fingerprint density at radius 2 is 1.69 bits per heavy atom. The Hall–Kier alpha value is -0.280. The SMILES string of the molecule is CC.CC(C)c1cc2c(cc1F)CS(=S)C2. The fourth-order valence-electron chi connectivity index (χ4n) is 1.79. The van der Waals surface area contributed by atoms with E-state index in [1.807, 2.05) is 33.8 Å². The third kappa shape index (κ3) is 2.89. The monoisotopic (exact) mass is 258 g/mol. The van der Waals surface area contributed by atoms with E-state index >= 15 is 0 Å². The Labute approximate surface area is 105 Å². The topological polar surface area (TPSA) is 0 Å². The van der Waals surface area contributed by atoms with E-state index in [2.05, 4.69) is 0 Å². The van der Waals surface area contributed by atoms with E-state index in [4.69, 9.17) is 11.2 Å². The Kier molecular flexibility index (Phi) is 5.06. The summed E-state index contributed by atoms with van der Waals surface area (Å²) >= 11 is 5.26. The molecule has 0 saturated carbocycles. The van der Waals surface area contributed by atoms with Crippen LogP contribution in [0.5, 0.6) is 0 Å². The molecule has 1 heterocycles. The largest absolute Gasteiger partial charge is 0.207 e. The molecular weight excluding hydrogens is 239 g/mol. The van der Waals surface area contributed by atoms with Gasteiger partial charge in [-0.25, -0.2) is 4.39 Å². The van der Waals surface area contributed by atoms with Crippen LogP contribution in [-0.4, -0.2) is 0 Å². The molecule has 1 aromatic rings. The molecule has 1 unspecified atom stereocenters. The maximum atomic E-state index is 13.6. The van der Waals surface area contributed by atoms with Gasteiger partial charge in [0.25, 0.3) is 0 Å². The molecule has 1 aliphatic heterocycles. The lowest BCUT2D eigenvalue weighted by molar-refractivity contribution is 0.596. The lowest BCUT2D eigenvalue weighted by Gasteiger charge is -2.09. The molecule has 0 spiro atoms. The highest BCUT2D eigenvalue weighted by Crippen LogP contribution is 2.28. The van der Waals surface area contributed by atoms with E-state index in [0.29, 0.717) is 0 Å². The van der Waals surface area contributed by atoms with Gasteiger partial charge < -0.3 is 0 Å². The van der Waals surface area contributed by atoms with Crippen molar-refractivity contribution in [2.75, 3.05) is 0 Å². The molecule has 1 aromatic carbocycles. The van der Waals surface area contributed by atoms with Crippen molar-refractivity contribution in [3.05, 3.63) is 34.6 Å². The molecule has 0 fully saturated rings. The maximum Gasteiger partial charge on any atom is 0.126 e. The minimum atomic E-state index is -0.0624. The molecule has 0 amide bonds. The molecular formula is C13H19FS2. The molecule has 0 aliphatic carbocycles. The van der Waals surface area contributed by atoms with Gasteiger partial charge in [-0.3, -0.25) is 0 Å². The highest BCUT2D eigenvalue weighted by atomic mass is 32.8. The summed E-state index contributed by atoms with van der Waals surface area (Å²) in [4.78, 5) is 0. The molecule has 0 nitrogen and oxygen atoms in total. The van der Waals surface area contributed by atoms with Crippen molar-refractivity contribution >= 4 is 20.6 Å². The van der Waals surface area contributed by atoms with Crippen molar-refractivity contribution in [2.24, 2.45) is 0 Å². The van der Waals surface area contributed by atoms with Gasteiger partial charge in [0.1, 0.15) is 5.82 Å². The van der Waals surface area contributed by atoms with E-state index in [1.54, 1.807) is 6.07 Å². The molecule has 0 bridgehead atoms. The van der Waals surface area contributed by atoms with E-state index in [1.165, 1.54) is 5.56 Å². The zero-order valence-electron chi connectivity index (χ0n) is 10.3. The van der Waals surface area contributed by atoms with Crippen molar-refractivity contribution in [3.63, 3.8) is 0 Å². The number of benzene rings is 1. The second kappa shape index (κ2) is 5.87. The highest BCUT2D eigenvalue weighted by Gasteiger charge is 2.18. The average molecular weight is 258 g/mol. The Balaban J connectivity index is 0.000000606. The summed E-state index contributed by atoms with van der Waals surface area (Å²) < 4.78 is 13.6. The van der Waals surface area contributed by atoms with Crippen LogP contribution in [0.25, 0.3) is 0 Å². The van der Waals surface area contributed by atoms with E-state index in [0.717, 1.165) is 22.6 Å². The second-order valence-corrected chi connectivity index (χ2v) is 6.90. The number of halogens is 1. The first-order chi connectivity index (χ1) is 7.58. The first-order valence-corrected chi connectivity index (χ1v) is 8.23. The lowest BCUT2D eigenvalue weighted by Crippen LogP contribution is -1.96. The number of hydrogen-bond acceptors (Lipinski definition) is 1. The van der Waals surface area contributed by atoms with E-state index in [9.17, 15) is 4.39 Å². The molecule has 0 N–H and O–H groups in total. The van der Waals surface area contributed by atoms with Gasteiger partial charge in [0, 0.05) is 11.5 Å². The summed E-state index contributed by atoms with van der Waals surface area (Å²) in [6.07, 6.45) is 0. The van der Waals surface area contributed by atoms with Crippen LogP contribution in [0.1, 0.15) is 50.3 Å². The van der Waals surface area contributed by atoms with Gasteiger partial charge in [-0.05, 0) is 28.7 Å². The molecule has 0 radical (unpaired) electrons. The number of hydrogen-bond donors (Lipinski definition) is 0. The van der Waals surface area contributed by atoms with Gasteiger partial charge in [0.15, 0.2) is 0 Å². The minimum Gasteiger partial charge on any atom is -0.207 e. The fourth-order valence-corrected chi connectivity index (χ4v) is 3.88. The molecule has 2 rings (SSSR count). The van der Waals surface area contributed by atoms with Crippen LogP contribution in [0, 0.1) is 5.82 Å². The molecule has 1 aliphatic rings. The lowest BCUT2D eigenvalue weighted by atomic mass is 9.98. The summed E-state index contributed by atoms with van der Waals surface area (Å²) in [5, 5.41) is 0. The first-order valence-electron chi connectivity index (χ1n) is 5.74. The standard InChI is InChI=1S/C11H13FS2.C2H6/c1-7(2)10-3-8-5-14(13)6-9(8)4-11(10)12;1-2/h3-4,7H,5-6H2,1-2H3;1-2H3. The van der Waals surface area contributed by atoms with Crippen molar-refractivity contribution in [3.8, 4) is 0 Å². The van der Waals surface area contributed by atoms with Gasteiger partial charge in [0.05, 0.1) is 0 Å². The summed E-state index contributed by atoms with van der Waals surface area (Å²) in [7, 11) is 0.0176. The predicted octanol–water partition coefficient (Wildman–Crippen LogP) is 4.07. The molecule has 0 aromatic heterocycles. The Morgan fingerprint density at radius 3 is 2.19 bits per heavy atom. The van der Waals surface area contributed by atoms with Crippen LogP contribution in [-0.2, 0) is 32.1 Å². The van der Waals surface area contributed by atoms with Crippen LogP contribution in [0.2, 0.25) is 0 Å². The van der Waals surface area contributed by atoms with Gasteiger partial charge in [0.2, 0.25) is 0 Å². The first kappa shape index (κ1) is 13.8. The number of fused-ring (bicyclic) bond motifs is 1. The third-order valence-electron chi connectivity index (χ3n) is 2.57. The summed E-state index contributed by atoms with van der Waals surface area (Å²) in [5.74, 6) is 2.05. The molecule has 0 saturated heterocycles. The van der Waals surface area contributed by atoms with Crippen molar-refractivity contribution < 1.29 is 4.39 Å². The predicted molar refractivity (Wildman–Crippen MR) is 74.0 cm³/mol. The maximum absolute atomic E-state index is 13.6. The van der Waals surface area contributed by atoms with Gasteiger partial charge in [-0.15, -0.1) is 9.45 Å². The van der Waals surface area contributed by atoms with Crippen molar-refractivity contribution in [1.82, 2.24) is 0 Å². The van der Waals surface area contributed by atoms with Gasteiger partial charge in [-0.1, -0.05) is 44.9 Å². The minimum absolute atomic E-state index is 0.0176. The van der Waals surface area contributed by atoms with Gasteiger partial charge in [-0.2, -0.15) is 0 Å². The van der Waals surface area contributed by atoms with E-state index in [-0.39, 0.29) is 21.2 Å². The smallest absolute Gasteiger partial charge is 0.126 e. The van der Waals surface area contributed by atoms with Gasteiger partial charge >= 0.3 is 0 Å². The summed E-state index contributed by atoms with van der Waals surface area (Å²) in [6, 6.07) is 3.69. The summed E-state index contributed by atoms with van der Waals surface area (Å²) in [5.41, 5.74) is 3.23. The zero-order chi connectivity index (χ0) is 12.3. The fraction of sp³-hybridized carbons (Fsp3) is 0.538. The summed E-state index contributed by atoms with van der Waals surface area (Å²) in [6.45, 7) is 8.04. The third-order valence-corrected chi connectivity index (χ3v) is 4.55. The number of rotatable bonds is 1. The van der Waals surface area contributed by atoms with E-state index < -0.39 is 0 Å². The van der Waals surface area contributed by atoms with Crippen molar-refractivity contribution in [1.29, 1.82) is 0 Å². The second-order valence-electron chi connectivity index (χ2n) is 4.03. The highest BCUT2D eigenvalue weighted by molar-refractivity contribution is 8.28. The normalized spacial score (nSPS) is 18.0. The molecule has 16 heavy (non-hydrogen) atoms. The van der Waals surface area contributed by atoms with Crippen LogP contribution in [0.4, 0.5) is 4.39 Å².